The van der Waals surface area contributed by atoms with E-state index in [1.165, 1.54) is 11.1 Å². The molecule has 0 radical (unpaired) electrons. The largest absolute Gasteiger partial charge is 0.294 e. The second kappa shape index (κ2) is 6.64. The second-order valence-electron chi connectivity index (χ2n) is 7.50. The molecule has 0 fully saturated rings. The summed E-state index contributed by atoms with van der Waals surface area (Å²) in [5.74, 6) is 0.295. The minimum absolute atomic E-state index is 0.148. The smallest absolute Gasteiger partial charge is 0.163 e. The molecule has 2 aliphatic rings. The summed E-state index contributed by atoms with van der Waals surface area (Å²) < 4.78 is 0. The molecule has 1 aromatic heterocycles. The Morgan fingerprint density at radius 1 is 1.08 bits per heavy atom. The molecular weight excluding hydrogens is 320 g/mol. The molecule has 0 saturated heterocycles. The van der Waals surface area contributed by atoms with Crippen LogP contribution in [-0.2, 0) is 6.42 Å². The molecule has 1 aliphatic carbocycles. The number of pyridine rings is 1. The van der Waals surface area contributed by atoms with Crippen LogP contribution in [0.4, 0.5) is 0 Å². The molecule has 2 aromatic rings. The van der Waals surface area contributed by atoms with Crippen LogP contribution < -0.4 is 0 Å². The van der Waals surface area contributed by atoms with Crippen LogP contribution in [0.5, 0.6) is 0 Å². The predicted molar refractivity (Wildman–Crippen MR) is 105 cm³/mol. The van der Waals surface area contributed by atoms with Crippen molar-refractivity contribution in [3.63, 3.8) is 0 Å². The number of Topliss-reactive ketones (excluding diaryl/α,β-unsaturated/α-hetero) is 1. The third kappa shape index (κ3) is 2.92. The summed E-state index contributed by atoms with van der Waals surface area (Å²) in [5, 5.41) is 0. The van der Waals surface area contributed by atoms with Gasteiger partial charge in [0, 0.05) is 42.6 Å². The quantitative estimate of drug-likeness (QED) is 0.760. The fraction of sp³-hybridized carbons (Fsp3) is 0.348. The Morgan fingerprint density at radius 3 is 2.65 bits per heavy atom. The molecule has 4 rings (SSSR count). The first-order valence-electron chi connectivity index (χ1n) is 9.47. The van der Waals surface area contributed by atoms with Gasteiger partial charge in [0.15, 0.2) is 5.78 Å². The van der Waals surface area contributed by atoms with Crippen molar-refractivity contribution in [1.29, 1.82) is 0 Å². The molecule has 0 spiro atoms. The lowest BCUT2D eigenvalue weighted by molar-refractivity contribution is 0.0871. The molecule has 3 heteroatoms. The summed E-state index contributed by atoms with van der Waals surface area (Å²) in [7, 11) is 0. The number of aromatic nitrogens is 1. The van der Waals surface area contributed by atoms with Gasteiger partial charge >= 0.3 is 0 Å². The lowest BCUT2D eigenvalue weighted by Crippen LogP contribution is -2.31. The molecule has 0 amide bonds. The van der Waals surface area contributed by atoms with E-state index in [1.807, 2.05) is 24.5 Å². The topological polar surface area (TPSA) is 42.3 Å². The van der Waals surface area contributed by atoms with Gasteiger partial charge < -0.3 is 0 Å². The highest BCUT2D eigenvalue weighted by Crippen LogP contribution is 2.41. The number of aliphatic imine (C=N–C) groups is 1. The molecule has 0 N–H and O–H groups in total. The van der Waals surface area contributed by atoms with Gasteiger partial charge in [-0.1, -0.05) is 32.0 Å². The summed E-state index contributed by atoms with van der Waals surface area (Å²) in [4.78, 5) is 21.6. The van der Waals surface area contributed by atoms with E-state index in [0.717, 1.165) is 48.1 Å². The van der Waals surface area contributed by atoms with Gasteiger partial charge in [0.2, 0.25) is 0 Å². The Hall–Kier alpha value is -2.55. The van der Waals surface area contributed by atoms with Gasteiger partial charge in [-0.3, -0.25) is 14.8 Å². The van der Waals surface area contributed by atoms with Crippen molar-refractivity contribution in [1.82, 2.24) is 4.98 Å². The molecule has 1 aliphatic heterocycles. The van der Waals surface area contributed by atoms with E-state index in [9.17, 15) is 4.79 Å². The fourth-order valence-corrected chi connectivity index (χ4v) is 4.16. The number of rotatable bonds is 4. The highest BCUT2D eigenvalue weighted by atomic mass is 16.1. The maximum atomic E-state index is 12.8. The molecule has 0 unspecified atom stereocenters. The molecule has 2 heterocycles. The third-order valence-corrected chi connectivity index (χ3v) is 6.11. The Kier molecular flexibility index (Phi) is 4.31. The molecule has 0 atom stereocenters. The summed E-state index contributed by atoms with van der Waals surface area (Å²) in [6.45, 7) is 4.41. The van der Waals surface area contributed by atoms with Crippen LogP contribution in [0.2, 0.25) is 0 Å². The Labute approximate surface area is 154 Å². The van der Waals surface area contributed by atoms with Gasteiger partial charge in [0.25, 0.3) is 0 Å². The van der Waals surface area contributed by atoms with E-state index in [-0.39, 0.29) is 5.41 Å². The monoisotopic (exact) mass is 344 g/mol. The van der Waals surface area contributed by atoms with E-state index in [1.54, 1.807) is 6.20 Å². The van der Waals surface area contributed by atoms with Gasteiger partial charge in [-0.2, -0.15) is 0 Å². The van der Waals surface area contributed by atoms with Crippen LogP contribution >= 0.6 is 0 Å². The number of fused-ring (bicyclic) bond motifs is 1. The van der Waals surface area contributed by atoms with E-state index < -0.39 is 0 Å². The lowest BCUT2D eigenvalue weighted by Gasteiger charge is -2.36. The van der Waals surface area contributed by atoms with Crippen LogP contribution in [0.15, 0.2) is 53.9 Å². The summed E-state index contributed by atoms with van der Waals surface area (Å²) in [6.07, 6.45) is 10.1. The van der Waals surface area contributed by atoms with Crippen LogP contribution in [0.1, 0.15) is 66.6 Å². The van der Waals surface area contributed by atoms with Crippen molar-refractivity contribution >= 4 is 17.1 Å². The van der Waals surface area contributed by atoms with Crippen LogP contribution in [0.25, 0.3) is 5.57 Å². The molecule has 26 heavy (non-hydrogen) atoms. The Bertz CT molecular complexity index is 905. The van der Waals surface area contributed by atoms with Gasteiger partial charge in [0.05, 0.1) is 5.71 Å². The highest BCUT2D eigenvalue weighted by molar-refractivity contribution is 6.09. The van der Waals surface area contributed by atoms with Crippen molar-refractivity contribution in [2.24, 2.45) is 10.4 Å². The second-order valence-corrected chi connectivity index (χ2v) is 7.50. The first-order valence-corrected chi connectivity index (χ1v) is 9.47. The van der Waals surface area contributed by atoms with Crippen molar-refractivity contribution < 1.29 is 4.79 Å². The van der Waals surface area contributed by atoms with Crippen LogP contribution in [-0.4, -0.2) is 16.5 Å². The normalized spacial score (nSPS) is 18.3. The minimum atomic E-state index is 0.148. The number of nitrogens with zero attached hydrogens (tertiary/aromatic N) is 2. The maximum Gasteiger partial charge on any atom is 0.163 e. The number of carbonyl (C=O) groups is 1. The highest BCUT2D eigenvalue weighted by Gasteiger charge is 2.35. The molecule has 132 valence electrons. The molecule has 3 nitrogen and oxygen atoms in total. The molecular formula is C23H24N2O. The zero-order valence-electron chi connectivity index (χ0n) is 15.5. The predicted octanol–water partition coefficient (Wildman–Crippen LogP) is 5.25. The summed E-state index contributed by atoms with van der Waals surface area (Å²) in [6, 6.07) is 10.4. The number of ketones is 1. The summed E-state index contributed by atoms with van der Waals surface area (Å²) in [5.41, 5.74) is 6.64. The summed E-state index contributed by atoms with van der Waals surface area (Å²) >= 11 is 0. The van der Waals surface area contributed by atoms with Crippen molar-refractivity contribution in [2.75, 3.05) is 0 Å². The van der Waals surface area contributed by atoms with Crippen LogP contribution in [0.3, 0.4) is 0 Å². The number of allylic oxidation sites excluding steroid dienone is 1. The van der Waals surface area contributed by atoms with Crippen LogP contribution in [0, 0.1) is 5.41 Å². The van der Waals surface area contributed by atoms with E-state index in [0.29, 0.717) is 12.2 Å². The first-order chi connectivity index (χ1) is 12.6. The first kappa shape index (κ1) is 16.9. The maximum absolute atomic E-state index is 12.8. The number of carbonyl (C=O) groups excluding carboxylic acids is 1. The van der Waals surface area contributed by atoms with Gasteiger partial charge in [-0.25, -0.2) is 0 Å². The average Bonchev–Trinajstić information content (AvgIpc) is 3.18. The standard InChI is InChI=1S/C23H24N2O/c1-3-23(4-2)12-17-8-7-16(10-20(17)22(26)13-23)19-11-21(25-15-19)18-6-5-9-24-14-18/h5-10,14-15H,3-4,11-13H2,1-2H3. The average molecular weight is 344 g/mol. The minimum Gasteiger partial charge on any atom is -0.294 e. The van der Waals surface area contributed by atoms with Crippen molar-refractivity contribution in [3.05, 3.63) is 71.2 Å². The molecule has 0 saturated carbocycles. The molecule has 1 aromatic carbocycles. The van der Waals surface area contributed by atoms with Gasteiger partial charge in [-0.05, 0) is 53.5 Å². The number of hydrogen-bond donors (Lipinski definition) is 0. The van der Waals surface area contributed by atoms with E-state index in [2.05, 4.69) is 42.0 Å². The Balaban J connectivity index is 1.58. The van der Waals surface area contributed by atoms with Crippen molar-refractivity contribution in [2.45, 2.75) is 46.0 Å². The zero-order chi connectivity index (χ0) is 18.1. The van der Waals surface area contributed by atoms with E-state index in [4.69, 9.17) is 0 Å². The van der Waals surface area contributed by atoms with E-state index >= 15 is 0 Å². The van der Waals surface area contributed by atoms with Gasteiger partial charge in [0.1, 0.15) is 0 Å². The number of benzene rings is 1. The Morgan fingerprint density at radius 2 is 1.92 bits per heavy atom. The SMILES string of the molecule is CCC1(CC)CC(=O)c2cc(C3=CN=C(c4cccnc4)C3)ccc2C1. The van der Waals surface area contributed by atoms with Crippen molar-refractivity contribution in [3.8, 4) is 0 Å². The lowest BCUT2D eigenvalue weighted by atomic mass is 9.67. The number of hydrogen-bond acceptors (Lipinski definition) is 3. The fourth-order valence-electron chi connectivity index (χ4n) is 4.16. The molecule has 0 bridgehead atoms. The van der Waals surface area contributed by atoms with Gasteiger partial charge in [-0.15, -0.1) is 0 Å². The zero-order valence-corrected chi connectivity index (χ0v) is 15.5. The third-order valence-electron chi connectivity index (χ3n) is 6.11.